The van der Waals surface area contributed by atoms with Crippen LogP contribution >= 0.6 is 0 Å². The molecule has 0 saturated carbocycles. The van der Waals surface area contributed by atoms with Gasteiger partial charge in [0.15, 0.2) is 11.5 Å². The highest BCUT2D eigenvalue weighted by molar-refractivity contribution is 7.92. The summed E-state index contributed by atoms with van der Waals surface area (Å²) in [4.78, 5) is 12.3. The van der Waals surface area contributed by atoms with Crippen molar-refractivity contribution in [1.29, 1.82) is 0 Å². The summed E-state index contributed by atoms with van der Waals surface area (Å²) in [6.45, 7) is 1.53. The highest BCUT2D eigenvalue weighted by atomic mass is 32.2. The van der Waals surface area contributed by atoms with E-state index >= 15 is 0 Å². The summed E-state index contributed by atoms with van der Waals surface area (Å²) < 4.78 is 35.9. The molecule has 2 N–H and O–H groups in total. The Kier molecular flexibility index (Phi) is 5.32. The van der Waals surface area contributed by atoms with Crippen LogP contribution in [0.25, 0.3) is 0 Å². The van der Waals surface area contributed by atoms with Crippen LogP contribution in [-0.2, 0) is 16.4 Å². The molecule has 0 aromatic heterocycles. The fourth-order valence-corrected chi connectivity index (χ4v) is 3.16. The Morgan fingerprint density at radius 1 is 1.08 bits per heavy atom. The first-order chi connectivity index (χ1) is 12.4. The van der Waals surface area contributed by atoms with Crippen LogP contribution in [0, 0.1) is 0 Å². The molecule has 0 aliphatic carbocycles. The lowest BCUT2D eigenvalue weighted by Gasteiger charge is -2.18. The molecular formula is C18H20N2O5S. The first-order valence-electron chi connectivity index (χ1n) is 8.15. The van der Waals surface area contributed by atoms with E-state index in [0.717, 1.165) is 23.3 Å². The van der Waals surface area contributed by atoms with E-state index < -0.39 is 10.0 Å². The van der Waals surface area contributed by atoms with Crippen molar-refractivity contribution in [2.45, 2.75) is 6.42 Å². The molecule has 138 valence electrons. The molecule has 1 heterocycles. The van der Waals surface area contributed by atoms with Gasteiger partial charge in [0.1, 0.15) is 13.2 Å². The molecule has 1 aliphatic rings. The van der Waals surface area contributed by atoms with Gasteiger partial charge >= 0.3 is 0 Å². The minimum Gasteiger partial charge on any atom is -0.486 e. The van der Waals surface area contributed by atoms with Crippen molar-refractivity contribution < 1.29 is 22.7 Å². The monoisotopic (exact) mass is 376 g/mol. The number of rotatable bonds is 6. The zero-order valence-corrected chi connectivity index (χ0v) is 15.1. The normalized spacial score (nSPS) is 13.1. The SMILES string of the molecule is CS(=O)(=O)Nc1cccc(C(=O)NCCc2ccc3c(c2)OCCO3)c1. The topological polar surface area (TPSA) is 93.7 Å². The second-order valence-corrected chi connectivity index (χ2v) is 7.69. The average molecular weight is 376 g/mol. The molecule has 0 atom stereocenters. The predicted octanol–water partition coefficient (Wildman–Crippen LogP) is 1.80. The highest BCUT2D eigenvalue weighted by Gasteiger charge is 2.12. The molecule has 0 saturated heterocycles. The van der Waals surface area contributed by atoms with Gasteiger partial charge < -0.3 is 14.8 Å². The summed E-state index contributed by atoms with van der Waals surface area (Å²) >= 11 is 0. The standard InChI is InChI=1S/C18H20N2O5S/c1-26(22,23)20-15-4-2-3-14(12-15)18(21)19-8-7-13-5-6-16-17(11-13)25-10-9-24-16/h2-6,11-12,20H,7-10H2,1H3,(H,19,21). The van der Waals surface area contributed by atoms with Gasteiger partial charge in [0.25, 0.3) is 5.91 Å². The van der Waals surface area contributed by atoms with Crippen LogP contribution in [-0.4, -0.2) is 40.3 Å². The molecule has 0 unspecified atom stereocenters. The van der Waals surface area contributed by atoms with Crippen molar-refractivity contribution >= 4 is 21.6 Å². The fourth-order valence-electron chi connectivity index (χ4n) is 2.60. The number of hydrogen-bond acceptors (Lipinski definition) is 5. The molecule has 1 amide bonds. The van der Waals surface area contributed by atoms with Gasteiger partial charge in [-0.15, -0.1) is 0 Å². The van der Waals surface area contributed by atoms with E-state index in [9.17, 15) is 13.2 Å². The number of anilines is 1. The van der Waals surface area contributed by atoms with Gasteiger partial charge in [-0.1, -0.05) is 12.1 Å². The van der Waals surface area contributed by atoms with Gasteiger partial charge in [-0.05, 0) is 42.3 Å². The van der Waals surface area contributed by atoms with Crippen molar-refractivity contribution in [2.24, 2.45) is 0 Å². The lowest BCUT2D eigenvalue weighted by Crippen LogP contribution is -2.26. The van der Waals surface area contributed by atoms with Crippen molar-refractivity contribution in [3.05, 3.63) is 53.6 Å². The van der Waals surface area contributed by atoms with Crippen molar-refractivity contribution in [2.75, 3.05) is 30.7 Å². The molecule has 0 radical (unpaired) electrons. The van der Waals surface area contributed by atoms with Crippen LogP contribution in [0.2, 0.25) is 0 Å². The van der Waals surface area contributed by atoms with Crippen molar-refractivity contribution in [1.82, 2.24) is 5.32 Å². The van der Waals surface area contributed by atoms with Crippen LogP contribution in [0.3, 0.4) is 0 Å². The Labute approximate surface area is 152 Å². The van der Waals surface area contributed by atoms with E-state index in [1.165, 1.54) is 6.07 Å². The van der Waals surface area contributed by atoms with E-state index in [2.05, 4.69) is 10.0 Å². The Morgan fingerprint density at radius 3 is 2.62 bits per heavy atom. The third-order valence-electron chi connectivity index (χ3n) is 3.73. The van der Waals surface area contributed by atoms with E-state index in [1.807, 2.05) is 18.2 Å². The Bertz CT molecular complexity index is 912. The van der Waals surface area contributed by atoms with Gasteiger partial charge in [-0.25, -0.2) is 8.42 Å². The van der Waals surface area contributed by atoms with Gasteiger partial charge in [0.2, 0.25) is 10.0 Å². The number of ether oxygens (including phenoxy) is 2. The van der Waals surface area contributed by atoms with E-state index in [0.29, 0.717) is 37.4 Å². The Balaban J connectivity index is 1.56. The highest BCUT2D eigenvalue weighted by Crippen LogP contribution is 2.30. The number of sulfonamides is 1. The number of amides is 1. The quantitative estimate of drug-likeness (QED) is 0.802. The fraction of sp³-hybridized carbons (Fsp3) is 0.278. The molecule has 8 heteroatoms. The van der Waals surface area contributed by atoms with E-state index in [-0.39, 0.29) is 5.91 Å². The summed E-state index contributed by atoms with van der Waals surface area (Å²) in [6, 6.07) is 12.1. The number of nitrogens with one attached hydrogen (secondary N) is 2. The molecule has 26 heavy (non-hydrogen) atoms. The van der Waals surface area contributed by atoms with E-state index in [1.54, 1.807) is 18.2 Å². The maximum atomic E-state index is 12.3. The van der Waals surface area contributed by atoms with Crippen LogP contribution < -0.4 is 19.5 Å². The summed E-state index contributed by atoms with van der Waals surface area (Å²) in [7, 11) is -3.38. The third kappa shape index (κ3) is 4.89. The first kappa shape index (κ1) is 18.1. The number of hydrogen-bond donors (Lipinski definition) is 2. The number of carbonyl (C=O) groups is 1. The van der Waals surface area contributed by atoms with E-state index in [4.69, 9.17) is 9.47 Å². The number of fused-ring (bicyclic) bond motifs is 1. The molecule has 3 rings (SSSR count). The first-order valence-corrected chi connectivity index (χ1v) is 10.0. The second-order valence-electron chi connectivity index (χ2n) is 5.94. The smallest absolute Gasteiger partial charge is 0.251 e. The van der Waals surface area contributed by atoms with Gasteiger partial charge in [-0.3, -0.25) is 9.52 Å². The zero-order valence-electron chi connectivity index (χ0n) is 14.3. The largest absolute Gasteiger partial charge is 0.486 e. The average Bonchev–Trinajstić information content (AvgIpc) is 2.60. The molecule has 0 bridgehead atoms. The van der Waals surface area contributed by atoms with Crippen LogP contribution in [0.5, 0.6) is 11.5 Å². The van der Waals surface area contributed by atoms with Gasteiger partial charge in [0, 0.05) is 17.8 Å². The molecule has 0 spiro atoms. The molecular weight excluding hydrogens is 356 g/mol. The summed E-state index contributed by atoms with van der Waals surface area (Å²) in [6.07, 6.45) is 1.71. The van der Waals surface area contributed by atoms with Gasteiger partial charge in [-0.2, -0.15) is 0 Å². The van der Waals surface area contributed by atoms with Crippen molar-refractivity contribution in [3.63, 3.8) is 0 Å². The predicted molar refractivity (Wildman–Crippen MR) is 98.4 cm³/mol. The summed E-state index contributed by atoms with van der Waals surface area (Å²) in [5.74, 6) is 1.19. The molecule has 2 aromatic carbocycles. The molecule has 2 aromatic rings. The Hall–Kier alpha value is -2.74. The maximum absolute atomic E-state index is 12.3. The minimum atomic E-state index is -3.38. The number of benzene rings is 2. The Morgan fingerprint density at radius 2 is 1.85 bits per heavy atom. The van der Waals surface area contributed by atoms with Gasteiger partial charge in [0.05, 0.1) is 6.26 Å². The third-order valence-corrected chi connectivity index (χ3v) is 4.34. The summed E-state index contributed by atoms with van der Waals surface area (Å²) in [5.41, 5.74) is 1.77. The second kappa shape index (κ2) is 7.65. The minimum absolute atomic E-state index is 0.264. The lowest BCUT2D eigenvalue weighted by molar-refractivity contribution is 0.0954. The molecule has 0 fully saturated rings. The molecule has 7 nitrogen and oxygen atoms in total. The lowest BCUT2D eigenvalue weighted by atomic mass is 10.1. The number of carbonyl (C=O) groups excluding carboxylic acids is 1. The maximum Gasteiger partial charge on any atom is 0.251 e. The van der Waals surface area contributed by atoms with Crippen LogP contribution in [0.1, 0.15) is 15.9 Å². The molecule has 1 aliphatic heterocycles. The van der Waals surface area contributed by atoms with Crippen LogP contribution in [0.4, 0.5) is 5.69 Å². The zero-order chi connectivity index (χ0) is 18.6. The van der Waals surface area contributed by atoms with Crippen molar-refractivity contribution in [3.8, 4) is 11.5 Å². The summed E-state index contributed by atoms with van der Waals surface area (Å²) in [5, 5.41) is 2.83. The van der Waals surface area contributed by atoms with Crippen LogP contribution in [0.15, 0.2) is 42.5 Å².